The van der Waals surface area contributed by atoms with Gasteiger partial charge in [0, 0.05) is 6.07 Å². The van der Waals surface area contributed by atoms with E-state index in [1.54, 1.807) is 0 Å². The van der Waals surface area contributed by atoms with Gasteiger partial charge in [0.05, 0.1) is 4.90 Å². The van der Waals surface area contributed by atoms with Crippen LogP contribution in [0.4, 0.5) is 13.2 Å². The third-order valence-corrected chi connectivity index (χ3v) is 2.28. The number of benzene rings is 1. The number of hydrogen-bond acceptors (Lipinski definition) is 3. The maximum Gasteiger partial charge on any atom is 0.573 e. The molecule has 0 heterocycles. The summed E-state index contributed by atoms with van der Waals surface area (Å²) in [6.45, 7) is 0. The predicted octanol–water partition coefficient (Wildman–Crippen LogP) is 1.23. The number of hydrogen-bond donors (Lipinski definition) is 1. The van der Waals surface area contributed by atoms with Crippen molar-refractivity contribution in [3.8, 4) is 5.75 Å². The Morgan fingerprint density at radius 2 is 1.87 bits per heavy atom. The van der Waals surface area contributed by atoms with Gasteiger partial charge in [-0.25, -0.2) is 13.6 Å². The molecule has 0 aliphatic carbocycles. The summed E-state index contributed by atoms with van der Waals surface area (Å²) in [4.78, 5) is -0.441. The summed E-state index contributed by atoms with van der Waals surface area (Å²) in [7, 11) is -4.03. The van der Waals surface area contributed by atoms with Crippen molar-refractivity contribution < 1.29 is 26.3 Å². The third kappa shape index (κ3) is 3.76. The van der Waals surface area contributed by atoms with Crippen molar-refractivity contribution in [1.82, 2.24) is 0 Å². The summed E-state index contributed by atoms with van der Waals surface area (Å²) in [6.07, 6.45) is -4.86. The van der Waals surface area contributed by atoms with Crippen LogP contribution in [0, 0.1) is 0 Å². The van der Waals surface area contributed by atoms with E-state index in [1.807, 2.05) is 0 Å². The molecule has 0 radical (unpaired) electrons. The fourth-order valence-electron chi connectivity index (χ4n) is 0.848. The maximum absolute atomic E-state index is 11.8. The smallest absolute Gasteiger partial charge is 0.406 e. The molecule has 0 saturated carbocycles. The molecule has 4 nitrogen and oxygen atoms in total. The number of alkyl halides is 3. The predicted molar refractivity (Wildman–Crippen MR) is 44.5 cm³/mol. The molecule has 15 heavy (non-hydrogen) atoms. The Hall–Kier alpha value is -1.28. The van der Waals surface area contributed by atoms with Crippen LogP contribution in [-0.4, -0.2) is 14.8 Å². The highest BCUT2D eigenvalue weighted by molar-refractivity contribution is 7.89. The van der Waals surface area contributed by atoms with Gasteiger partial charge in [-0.3, -0.25) is 0 Å². The van der Waals surface area contributed by atoms with Crippen LogP contribution in [-0.2, 0) is 10.0 Å². The molecule has 0 aromatic heterocycles. The first-order chi connectivity index (χ1) is 6.68. The molecule has 84 valence electrons. The average Bonchev–Trinajstić information content (AvgIpc) is 1.99. The lowest BCUT2D eigenvalue weighted by Gasteiger charge is -2.09. The van der Waals surface area contributed by atoms with E-state index in [0.29, 0.717) is 6.07 Å². The quantitative estimate of drug-likeness (QED) is 0.846. The molecule has 0 amide bonds. The maximum atomic E-state index is 11.8. The Morgan fingerprint density at radius 3 is 2.33 bits per heavy atom. The molecule has 0 atom stereocenters. The molecule has 0 saturated heterocycles. The molecule has 0 aliphatic rings. The second-order valence-corrected chi connectivity index (χ2v) is 4.13. The van der Waals surface area contributed by atoms with Crippen LogP contribution >= 0.6 is 0 Å². The first-order valence-corrected chi connectivity index (χ1v) is 5.12. The minimum atomic E-state index is -4.86. The fraction of sp³-hybridized carbons (Fsp3) is 0.143. The Bertz CT molecular complexity index is 455. The SMILES string of the molecule is NS(=O)(=O)c1cccc(OC(F)(F)F)c1. The molecule has 1 aromatic rings. The highest BCUT2D eigenvalue weighted by Crippen LogP contribution is 2.24. The zero-order valence-electron chi connectivity index (χ0n) is 7.15. The van der Waals surface area contributed by atoms with E-state index in [1.165, 1.54) is 0 Å². The van der Waals surface area contributed by atoms with Crippen molar-refractivity contribution in [2.45, 2.75) is 11.3 Å². The topological polar surface area (TPSA) is 69.4 Å². The summed E-state index contributed by atoms with van der Waals surface area (Å²) in [5.74, 6) is -0.631. The second-order valence-electron chi connectivity index (χ2n) is 2.57. The Labute approximate surface area is 83.5 Å². The van der Waals surface area contributed by atoms with Gasteiger partial charge in [-0.1, -0.05) is 6.07 Å². The van der Waals surface area contributed by atoms with Gasteiger partial charge >= 0.3 is 6.36 Å². The fourth-order valence-corrected chi connectivity index (χ4v) is 1.40. The normalized spacial score (nSPS) is 12.5. The van der Waals surface area contributed by atoms with Crippen molar-refractivity contribution in [3.63, 3.8) is 0 Å². The van der Waals surface area contributed by atoms with Crippen molar-refractivity contribution in [1.29, 1.82) is 0 Å². The molecule has 8 heteroatoms. The van der Waals surface area contributed by atoms with E-state index in [4.69, 9.17) is 5.14 Å². The van der Waals surface area contributed by atoms with Crippen molar-refractivity contribution >= 4 is 10.0 Å². The molecule has 0 unspecified atom stereocenters. The first kappa shape index (κ1) is 11.8. The lowest BCUT2D eigenvalue weighted by Crippen LogP contribution is -2.18. The summed E-state index contributed by atoms with van der Waals surface area (Å²) >= 11 is 0. The Balaban J connectivity index is 3.04. The molecular weight excluding hydrogens is 235 g/mol. The largest absolute Gasteiger partial charge is 0.573 e. The van der Waals surface area contributed by atoms with Crippen LogP contribution in [0.3, 0.4) is 0 Å². The van der Waals surface area contributed by atoms with Crippen LogP contribution in [0.25, 0.3) is 0 Å². The monoisotopic (exact) mass is 241 g/mol. The van der Waals surface area contributed by atoms with Gasteiger partial charge in [-0.2, -0.15) is 0 Å². The van der Waals surface area contributed by atoms with E-state index in [-0.39, 0.29) is 0 Å². The van der Waals surface area contributed by atoms with Crippen LogP contribution in [0.1, 0.15) is 0 Å². The molecule has 0 fully saturated rings. The first-order valence-electron chi connectivity index (χ1n) is 3.57. The molecule has 0 aliphatic heterocycles. The van der Waals surface area contributed by atoms with E-state index in [2.05, 4.69) is 4.74 Å². The van der Waals surface area contributed by atoms with E-state index < -0.39 is 27.0 Å². The third-order valence-electron chi connectivity index (χ3n) is 1.37. The van der Waals surface area contributed by atoms with E-state index >= 15 is 0 Å². The molecular formula is C7H6F3NO3S. The molecule has 0 bridgehead atoms. The zero-order valence-corrected chi connectivity index (χ0v) is 7.97. The number of halogens is 3. The number of primary sulfonamides is 1. The van der Waals surface area contributed by atoms with Crippen LogP contribution < -0.4 is 9.88 Å². The second kappa shape index (κ2) is 3.70. The summed E-state index contributed by atoms with van der Waals surface area (Å²) in [5.41, 5.74) is 0. The lowest BCUT2D eigenvalue weighted by molar-refractivity contribution is -0.274. The van der Waals surface area contributed by atoms with Crippen molar-refractivity contribution in [2.24, 2.45) is 5.14 Å². The Kier molecular flexibility index (Phi) is 2.91. The number of sulfonamides is 1. The van der Waals surface area contributed by atoms with Gasteiger partial charge in [0.25, 0.3) is 0 Å². The van der Waals surface area contributed by atoms with Gasteiger partial charge in [0.1, 0.15) is 5.75 Å². The molecule has 2 N–H and O–H groups in total. The molecule has 0 spiro atoms. The Morgan fingerprint density at radius 1 is 1.27 bits per heavy atom. The highest BCUT2D eigenvalue weighted by Gasteiger charge is 2.31. The van der Waals surface area contributed by atoms with Crippen molar-refractivity contribution in [2.75, 3.05) is 0 Å². The van der Waals surface area contributed by atoms with Gasteiger partial charge < -0.3 is 4.74 Å². The van der Waals surface area contributed by atoms with Crippen LogP contribution in [0.15, 0.2) is 29.2 Å². The van der Waals surface area contributed by atoms with Crippen LogP contribution in [0.2, 0.25) is 0 Å². The lowest BCUT2D eigenvalue weighted by atomic mass is 10.3. The van der Waals surface area contributed by atoms with E-state index in [0.717, 1.165) is 18.2 Å². The van der Waals surface area contributed by atoms with Gasteiger partial charge in [0.15, 0.2) is 0 Å². The number of ether oxygens (including phenoxy) is 1. The number of nitrogens with two attached hydrogens (primary N) is 1. The van der Waals surface area contributed by atoms with Gasteiger partial charge in [-0.15, -0.1) is 13.2 Å². The molecule has 1 aromatic carbocycles. The standard InChI is InChI=1S/C7H6F3NO3S/c8-7(9,10)14-5-2-1-3-6(4-5)15(11,12)13/h1-4H,(H2,11,12,13). The van der Waals surface area contributed by atoms with Gasteiger partial charge in [0.2, 0.25) is 10.0 Å². The van der Waals surface area contributed by atoms with E-state index in [9.17, 15) is 21.6 Å². The average molecular weight is 241 g/mol. The molecule has 1 rings (SSSR count). The highest BCUT2D eigenvalue weighted by atomic mass is 32.2. The van der Waals surface area contributed by atoms with Crippen LogP contribution in [0.5, 0.6) is 5.75 Å². The van der Waals surface area contributed by atoms with Crippen molar-refractivity contribution in [3.05, 3.63) is 24.3 Å². The summed E-state index contributed by atoms with van der Waals surface area (Å²) in [6, 6.07) is 3.84. The minimum Gasteiger partial charge on any atom is -0.406 e. The zero-order chi connectivity index (χ0) is 11.7. The number of rotatable bonds is 2. The van der Waals surface area contributed by atoms with Gasteiger partial charge in [-0.05, 0) is 12.1 Å². The summed E-state index contributed by atoms with van der Waals surface area (Å²) < 4.78 is 60.4. The summed E-state index contributed by atoms with van der Waals surface area (Å²) in [5, 5.41) is 4.72. The minimum absolute atomic E-state index is 0.441.